The summed E-state index contributed by atoms with van der Waals surface area (Å²) in [4.78, 5) is 5.50. The maximum atomic E-state index is 13.7. The van der Waals surface area contributed by atoms with E-state index in [2.05, 4.69) is 4.98 Å². The molecular formula is C17H24BFN2O2. The molecular weight excluding hydrogens is 294 g/mol. The number of hydrogen-bond acceptors (Lipinski definition) is 3. The minimum absolute atomic E-state index is 0.349. The molecule has 1 fully saturated rings. The maximum absolute atomic E-state index is 13.7. The first-order valence-corrected chi connectivity index (χ1v) is 7.90. The van der Waals surface area contributed by atoms with Gasteiger partial charge in [0, 0.05) is 22.6 Å². The van der Waals surface area contributed by atoms with Crippen LogP contribution in [0.4, 0.5) is 4.39 Å². The molecule has 2 aromatic heterocycles. The lowest BCUT2D eigenvalue weighted by Crippen LogP contribution is -2.41. The normalized spacial score (nSPS) is 21.0. The zero-order valence-corrected chi connectivity index (χ0v) is 14.8. The summed E-state index contributed by atoms with van der Waals surface area (Å²) in [6, 6.07) is 1.33. The lowest BCUT2D eigenvalue weighted by atomic mass is 9.73. The van der Waals surface area contributed by atoms with Crippen LogP contribution in [-0.2, 0) is 14.7 Å². The fraction of sp³-hybridized carbons (Fsp3) is 0.588. The third kappa shape index (κ3) is 2.58. The molecule has 1 aliphatic heterocycles. The molecule has 0 aliphatic carbocycles. The smallest absolute Gasteiger partial charge is 0.399 e. The lowest BCUT2D eigenvalue weighted by Gasteiger charge is -2.32. The SMILES string of the molecule is [2H]n1c(C(C)(C)C)c(B2OC(C)(C)C(C)(C)O2)c2ncc(F)cc21. The highest BCUT2D eigenvalue weighted by Crippen LogP contribution is 2.38. The first kappa shape index (κ1) is 15.2. The molecule has 0 bridgehead atoms. The second-order valence-electron chi connectivity index (χ2n) is 8.23. The maximum Gasteiger partial charge on any atom is 0.498 e. The van der Waals surface area contributed by atoms with Crippen molar-refractivity contribution in [3.63, 3.8) is 0 Å². The fourth-order valence-corrected chi connectivity index (χ4v) is 2.77. The van der Waals surface area contributed by atoms with Crippen LogP contribution in [0.1, 0.15) is 54.2 Å². The van der Waals surface area contributed by atoms with Gasteiger partial charge in [0.25, 0.3) is 0 Å². The van der Waals surface area contributed by atoms with Crippen molar-refractivity contribution in [2.75, 3.05) is 0 Å². The van der Waals surface area contributed by atoms with Crippen LogP contribution in [-0.4, -0.2) is 28.3 Å². The van der Waals surface area contributed by atoms with E-state index in [4.69, 9.17) is 10.7 Å². The molecule has 124 valence electrons. The second-order valence-corrected chi connectivity index (χ2v) is 8.23. The molecule has 23 heavy (non-hydrogen) atoms. The quantitative estimate of drug-likeness (QED) is 0.821. The summed E-state index contributed by atoms with van der Waals surface area (Å²) >= 11 is 0. The predicted molar refractivity (Wildman–Crippen MR) is 90.5 cm³/mol. The Hall–Kier alpha value is -1.40. The number of halogens is 1. The standard InChI is InChI=1S/C17H24BFN2O2/c1-15(2,3)14-12(13-11(21-14)8-10(19)9-20-13)18-22-16(4,5)17(6,7)23-18/h8-9,21H,1-7H3/i/hD. The number of rotatable bonds is 1. The molecule has 3 rings (SSSR count). The van der Waals surface area contributed by atoms with Crippen LogP contribution in [0.15, 0.2) is 12.3 Å². The summed E-state index contributed by atoms with van der Waals surface area (Å²) in [5.41, 5.74) is 1.06. The molecule has 0 amide bonds. The zero-order valence-electron chi connectivity index (χ0n) is 15.8. The predicted octanol–water partition coefficient (Wildman–Crippen LogP) is 3.30. The Morgan fingerprint density at radius 1 is 1.22 bits per heavy atom. The number of aromatic nitrogens is 2. The number of fused-ring (bicyclic) bond motifs is 1. The van der Waals surface area contributed by atoms with Gasteiger partial charge in [-0.3, -0.25) is 4.98 Å². The van der Waals surface area contributed by atoms with E-state index in [1.807, 2.05) is 48.5 Å². The number of pyridine rings is 1. The minimum Gasteiger partial charge on any atom is -0.399 e. The first-order chi connectivity index (χ1) is 10.8. The summed E-state index contributed by atoms with van der Waals surface area (Å²) in [7, 11) is -0.642. The van der Waals surface area contributed by atoms with Crippen LogP contribution in [0.5, 0.6) is 0 Å². The van der Waals surface area contributed by atoms with Crippen molar-refractivity contribution in [1.82, 2.24) is 9.96 Å². The molecule has 4 nitrogen and oxygen atoms in total. The summed E-state index contributed by atoms with van der Waals surface area (Å²) in [6.45, 7) is 14.0. The van der Waals surface area contributed by atoms with E-state index in [1.165, 1.54) is 17.2 Å². The molecule has 1 N–H and O–H groups in total. The monoisotopic (exact) mass is 319 g/mol. The number of aromatic amines is 1. The Morgan fingerprint density at radius 2 is 1.78 bits per heavy atom. The van der Waals surface area contributed by atoms with Crippen LogP contribution < -0.4 is 5.46 Å². The Bertz CT molecular complexity index is 795. The molecule has 0 saturated carbocycles. The van der Waals surface area contributed by atoms with Crippen molar-refractivity contribution in [3.05, 3.63) is 23.8 Å². The topological polar surface area (TPSA) is 47.1 Å². The van der Waals surface area contributed by atoms with Gasteiger partial charge in [-0.15, -0.1) is 0 Å². The van der Waals surface area contributed by atoms with Gasteiger partial charge in [0.05, 0.1) is 28.4 Å². The van der Waals surface area contributed by atoms with Crippen molar-refractivity contribution < 1.29 is 15.1 Å². The highest BCUT2D eigenvalue weighted by molar-refractivity contribution is 6.65. The summed E-state index contributed by atoms with van der Waals surface area (Å²) in [5.74, 6) is -0.463. The second kappa shape index (κ2) is 4.80. The summed E-state index contributed by atoms with van der Waals surface area (Å²) in [6.07, 6.45) is 1.17. The highest BCUT2D eigenvalue weighted by Gasteiger charge is 2.53. The van der Waals surface area contributed by atoms with Gasteiger partial charge in [0.15, 0.2) is 1.41 Å². The van der Waals surface area contributed by atoms with Crippen LogP contribution in [0.3, 0.4) is 0 Å². The summed E-state index contributed by atoms with van der Waals surface area (Å²) < 4.78 is 34.5. The Kier molecular flexibility index (Phi) is 3.16. The van der Waals surface area contributed by atoms with Crippen molar-refractivity contribution in [2.24, 2.45) is 0 Å². The van der Waals surface area contributed by atoms with Gasteiger partial charge in [-0.05, 0) is 27.7 Å². The molecule has 6 heteroatoms. The van der Waals surface area contributed by atoms with Crippen LogP contribution in [0.2, 0.25) is 1.41 Å². The van der Waals surface area contributed by atoms with E-state index in [-0.39, 0.29) is 5.41 Å². The highest BCUT2D eigenvalue weighted by atomic mass is 19.1. The van der Waals surface area contributed by atoms with Gasteiger partial charge in [-0.1, -0.05) is 20.8 Å². The van der Waals surface area contributed by atoms with Crippen LogP contribution in [0.25, 0.3) is 11.0 Å². The van der Waals surface area contributed by atoms with E-state index in [0.717, 1.165) is 0 Å². The molecule has 1 saturated heterocycles. The van der Waals surface area contributed by atoms with E-state index in [9.17, 15) is 4.39 Å². The van der Waals surface area contributed by atoms with Gasteiger partial charge < -0.3 is 14.3 Å². The Balaban J connectivity index is 2.28. The van der Waals surface area contributed by atoms with Gasteiger partial charge in [0.1, 0.15) is 5.82 Å². The zero-order chi connectivity index (χ0) is 18.1. The minimum atomic E-state index is -0.642. The van der Waals surface area contributed by atoms with E-state index >= 15 is 0 Å². The average molecular weight is 319 g/mol. The van der Waals surface area contributed by atoms with Crippen molar-refractivity contribution >= 4 is 23.6 Å². The molecule has 0 atom stereocenters. The van der Waals surface area contributed by atoms with E-state index in [1.54, 1.807) is 0 Å². The lowest BCUT2D eigenvalue weighted by molar-refractivity contribution is 0.00578. The largest absolute Gasteiger partial charge is 0.498 e. The molecule has 1 aliphatic rings. The van der Waals surface area contributed by atoms with Crippen molar-refractivity contribution in [3.8, 4) is 0 Å². The van der Waals surface area contributed by atoms with Crippen LogP contribution >= 0.6 is 0 Å². The van der Waals surface area contributed by atoms with E-state index in [0.29, 0.717) is 22.2 Å². The first-order valence-electron chi connectivity index (χ1n) is 8.35. The third-order valence-electron chi connectivity index (χ3n) is 4.78. The van der Waals surface area contributed by atoms with Gasteiger partial charge >= 0.3 is 7.12 Å². The molecule has 0 unspecified atom stereocenters. The molecule has 0 radical (unpaired) electrons. The average Bonchev–Trinajstić information content (AvgIpc) is 2.81. The molecule has 0 spiro atoms. The summed E-state index contributed by atoms with van der Waals surface area (Å²) in [5, 5.41) is 0. The number of hydrogen-bond donors (Lipinski definition) is 1. The number of nitrogens with zero attached hydrogens (tertiary/aromatic N) is 1. The number of H-pyrrole nitrogens is 1. The Labute approximate surface area is 138 Å². The van der Waals surface area contributed by atoms with Crippen molar-refractivity contribution in [1.29, 1.82) is 0 Å². The molecule has 0 aromatic carbocycles. The van der Waals surface area contributed by atoms with Gasteiger partial charge in [0.2, 0.25) is 0 Å². The molecule has 3 heterocycles. The van der Waals surface area contributed by atoms with Crippen LogP contribution in [0, 0.1) is 5.82 Å². The third-order valence-corrected chi connectivity index (χ3v) is 4.78. The Morgan fingerprint density at radius 3 is 2.30 bits per heavy atom. The van der Waals surface area contributed by atoms with Gasteiger partial charge in [-0.2, -0.15) is 0 Å². The van der Waals surface area contributed by atoms with Crippen molar-refractivity contribution in [2.45, 2.75) is 65.1 Å². The molecule has 2 aromatic rings. The number of nitrogens with one attached hydrogen (secondary N) is 1. The van der Waals surface area contributed by atoms with E-state index < -0.39 is 24.1 Å². The fourth-order valence-electron chi connectivity index (χ4n) is 2.77. The van der Waals surface area contributed by atoms with Gasteiger partial charge in [-0.25, -0.2) is 4.39 Å².